The van der Waals surface area contributed by atoms with E-state index in [4.69, 9.17) is 17.3 Å². The Bertz CT molecular complexity index is 549. The molecule has 90 valence electrons. The minimum absolute atomic E-state index is 0.225. The van der Waals surface area contributed by atoms with Crippen LogP contribution in [-0.4, -0.2) is 9.78 Å². The van der Waals surface area contributed by atoms with Crippen LogP contribution in [0.15, 0.2) is 24.5 Å². The van der Waals surface area contributed by atoms with E-state index in [2.05, 4.69) is 5.10 Å². The Labute approximate surface area is 104 Å². The fourth-order valence-corrected chi connectivity index (χ4v) is 1.70. The van der Waals surface area contributed by atoms with Crippen molar-refractivity contribution in [3.8, 4) is 11.1 Å². The van der Waals surface area contributed by atoms with E-state index in [1.54, 1.807) is 17.1 Å². The Morgan fingerprint density at radius 3 is 2.71 bits per heavy atom. The molecule has 0 amide bonds. The van der Waals surface area contributed by atoms with Gasteiger partial charge >= 0.3 is 0 Å². The highest BCUT2D eigenvalue weighted by atomic mass is 35.5. The van der Waals surface area contributed by atoms with Crippen LogP contribution in [0.25, 0.3) is 11.1 Å². The Kier molecular flexibility index (Phi) is 3.07. The van der Waals surface area contributed by atoms with Crippen molar-refractivity contribution in [2.75, 3.05) is 5.73 Å². The Morgan fingerprint density at radius 2 is 2.12 bits per heavy atom. The molecule has 17 heavy (non-hydrogen) atoms. The molecule has 1 aromatic carbocycles. The summed E-state index contributed by atoms with van der Waals surface area (Å²) in [6.07, 6.45) is 3.40. The fraction of sp³-hybridized carbons (Fsp3) is 0.250. The van der Waals surface area contributed by atoms with Crippen molar-refractivity contribution >= 4 is 17.3 Å². The van der Waals surface area contributed by atoms with Gasteiger partial charge in [0.2, 0.25) is 0 Å². The first-order chi connectivity index (χ1) is 7.99. The second kappa shape index (κ2) is 4.37. The predicted molar refractivity (Wildman–Crippen MR) is 67.4 cm³/mol. The summed E-state index contributed by atoms with van der Waals surface area (Å²) in [5, 5.41) is 4.39. The molecule has 0 aliphatic heterocycles. The maximum absolute atomic E-state index is 13.7. The van der Waals surface area contributed by atoms with Gasteiger partial charge in [-0.2, -0.15) is 5.10 Å². The van der Waals surface area contributed by atoms with Gasteiger partial charge in [0.1, 0.15) is 5.82 Å². The van der Waals surface area contributed by atoms with E-state index in [0.717, 1.165) is 0 Å². The van der Waals surface area contributed by atoms with Gasteiger partial charge in [0.05, 0.1) is 16.9 Å². The molecular weight excluding hydrogens is 241 g/mol. The van der Waals surface area contributed by atoms with Gasteiger partial charge in [-0.15, -0.1) is 0 Å². The lowest BCUT2D eigenvalue weighted by Crippen LogP contribution is -1.99. The lowest BCUT2D eigenvalue weighted by Gasteiger charge is -2.05. The van der Waals surface area contributed by atoms with Crippen molar-refractivity contribution in [3.05, 3.63) is 35.4 Å². The highest BCUT2D eigenvalue weighted by molar-refractivity contribution is 6.33. The molecule has 2 rings (SSSR count). The molecule has 2 aromatic rings. The van der Waals surface area contributed by atoms with Gasteiger partial charge < -0.3 is 5.73 Å². The molecule has 0 saturated heterocycles. The van der Waals surface area contributed by atoms with E-state index in [1.165, 1.54) is 12.1 Å². The molecule has 0 bridgehead atoms. The Hall–Kier alpha value is -1.55. The standard InChI is InChI=1S/C12H13ClFN3/c1-7(2)17-6-8(5-16-17)9-3-12(15)10(13)4-11(9)14/h3-7H,15H2,1-2H3. The number of benzene rings is 1. The van der Waals surface area contributed by atoms with Gasteiger partial charge in [-0.3, -0.25) is 4.68 Å². The third kappa shape index (κ3) is 2.26. The molecular formula is C12H13ClFN3. The van der Waals surface area contributed by atoms with Crippen molar-refractivity contribution < 1.29 is 4.39 Å². The summed E-state index contributed by atoms with van der Waals surface area (Å²) < 4.78 is 15.5. The molecule has 0 aliphatic carbocycles. The van der Waals surface area contributed by atoms with E-state index < -0.39 is 5.82 Å². The zero-order valence-electron chi connectivity index (χ0n) is 9.61. The van der Waals surface area contributed by atoms with E-state index in [-0.39, 0.29) is 11.1 Å². The van der Waals surface area contributed by atoms with E-state index >= 15 is 0 Å². The van der Waals surface area contributed by atoms with Crippen LogP contribution in [0, 0.1) is 5.82 Å². The van der Waals surface area contributed by atoms with Crippen molar-refractivity contribution in [1.82, 2.24) is 9.78 Å². The first kappa shape index (κ1) is 11.9. The van der Waals surface area contributed by atoms with Crippen LogP contribution >= 0.6 is 11.6 Å². The third-order valence-electron chi connectivity index (χ3n) is 2.53. The highest BCUT2D eigenvalue weighted by Gasteiger charge is 2.11. The third-order valence-corrected chi connectivity index (χ3v) is 2.86. The van der Waals surface area contributed by atoms with Crippen LogP contribution in [-0.2, 0) is 0 Å². The maximum Gasteiger partial charge on any atom is 0.132 e. The maximum atomic E-state index is 13.7. The summed E-state index contributed by atoms with van der Waals surface area (Å²) >= 11 is 5.74. The number of nitrogens with two attached hydrogens (primary N) is 1. The van der Waals surface area contributed by atoms with Crippen molar-refractivity contribution in [1.29, 1.82) is 0 Å². The molecule has 0 spiro atoms. The molecule has 0 fully saturated rings. The number of aromatic nitrogens is 2. The number of hydrogen-bond donors (Lipinski definition) is 1. The van der Waals surface area contributed by atoms with Gasteiger partial charge in [-0.1, -0.05) is 11.6 Å². The SMILES string of the molecule is CC(C)n1cc(-c2cc(N)c(Cl)cc2F)cn1. The van der Waals surface area contributed by atoms with Gasteiger partial charge in [0, 0.05) is 23.4 Å². The van der Waals surface area contributed by atoms with Crippen molar-refractivity contribution in [3.63, 3.8) is 0 Å². The van der Waals surface area contributed by atoms with Gasteiger partial charge in [-0.05, 0) is 26.0 Å². The topological polar surface area (TPSA) is 43.8 Å². The smallest absolute Gasteiger partial charge is 0.132 e. The van der Waals surface area contributed by atoms with E-state index in [1.807, 2.05) is 13.8 Å². The normalized spacial score (nSPS) is 11.1. The molecule has 0 unspecified atom stereocenters. The van der Waals surface area contributed by atoms with Gasteiger partial charge in [0.25, 0.3) is 0 Å². The zero-order chi connectivity index (χ0) is 12.6. The summed E-state index contributed by atoms with van der Waals surface area (Å²) in [5.74, 6) is -0.396. The lowest BCUT2D eigenvalue weighted by molar-refractivity contribution is 0.532. The molecule has 1 heterocycles. The first-order valence-electron chi connectivity index (χ1n) is 5.28. The zero-order valence-corrected chi connectivity index (χ0v) is 10.4. The molecule has 0 aliphatic rings. The van der Waals surface area contributed by atoms with E-state index in [9.17, 15) is 4.39 Å². The van der Waals surface area contributed by atoms with Crippen LogP contribution in [0.3, 0.4) is 0 Å². The molecule has 3 nitrogen and oxygen atoms in total. The number of halogens is 2. The summed E-state index contributed by atoms with van der Waals surface area (Å²) in [6, 6.07) is 2.98. The van der Waals surface area contributed by atoms with Crippen LogP contribution < -0.4 is 5.73 Å². The van der Waals surface area contributed by atoms with Crippen molar-refractivity contribution in [2.24, 2.45) is 0 Å². The second-order valence-electron chi connectivity index (χ2n) is 4.16. The average molecular weight is 254 g/mol. The van der Waals surface area contributed by atoms with Crippen LogP contribution in [0.5, 0.6) is 0 Å². The quantitative estimate of drug-likeness (QED) is 0.833. The summed E-state index contributed by atoms with van der Waals surface area (Å²) in [7, 11) is 0. The van der Waals surface area contributed by atoms with Crippen molar-refractivity contribution in [2.45, 2.75) is 19.9 Å². The molecule has 5 heteroatoms. The largest absolute Gasteiger partial charge is 0.398 e. The Morgan fingerprint density at radius 1 is 1.41 bits per heavy atom. The molecule has 0 atom stereocenters. The number of rotatable bonds is 2. The molecule has 2 N–H and O–H groups in total. The fourth-order valence-electron chi connectivity index (χ4n) is 1.55. The number of hydrogen-bond acceptors (Lipinski definition) is 2. The first-order valence-corrected chi connectivity index (χ1v) is 5.66. The predicted octanol–water partition coefficient (Wildman–Crippen LogP) is 3.51. The average Bonchev–Trinajstić information content (AvgIpc) is 2.72. The minimum atomic E-state index is -0.396. The van der Waals surface area contributed by atoms with Gasteiger partial charge in [0.15, 0.2) is 0 Å². The highest BCUT2D eigenvalue weighted by Crippen LogP contribution is 2.30. The number of nitrogen functional groups attached to an aromatic ring is 1. The second-order valence-corrected chi connectivity index (χ2v) is 4.56. The van der Waals surface area contributed by atoms with Crippen LogP contribution in [0.1, 0.15) is 19.9 Å². The summed E-state index contributed by atoms with van der Waals surface area (Å²) in [4.78, 5) is 0. The number of nitrogens with zero attached hydrogens (tertiary/aromatic N) is 2. The van der Waals surface area contributed by atoms with Crippen LogP contribution in [0.2, 0.25) is 5.02 Å². The molecule has 0 saturated carbocycles. The molecule has 0 radical (unpaired) electrons. The lowest BCUT2D eigenvalue weighted by atomic mass is 10.1. The summed E-state index contributed by atoms with van der Waals surface area (Å²) in [6.45, 7) is 4.01. The van der Waals surface area contributed by atoms with Gasteiger partial charge in [-0.25, -0.2) is 4.39 Å². The van der Waals surface area contributed by atoms with Crippen LogP contribution in [0.4, 0.5) is 10.1 Å². The Balaban J connectivity index is 2.49. The van der Waals surface area contributed by atoms with E-state index in [0.29, 0.717) is 16.8 Å². The monoisotopic (exact) mass is 253 g/mol. The molecule has 1 aromatic heterocycles. The summed E-state index contributed by atoms with van der Waals surface area (Å²) in [5.41, 5.74) is 7.14. The minimum Gasteiger partial charge on any atom is -0.398 e. The number of anilines is 1.